The lowest BCUT2D eigenvalue weighted by Gasteiger charge is -2.47. The lowest BCUT2D eigenvalue weighted by atomic mass is 10.2. The average molecular weight is 440 g/mol. The molecule has 0 saturated carbocycles. The molecule has 1 aliphatic heterocycles. The average Bonchev–Trinajstić information content (AvgIpc) is 3.19. The molecule has 4 nitrogen and oxygen atoms in total. The normalized spacial score (nSPS) is 17.4. The zero-order valence-electron chi connectivity index (χ0n) is 18.8. The van der Waals surface area contributed by atoms with Gasteiger partial charge in [-0.05, 0) is 43.3 Å². The van der Waals surface area contributed by atoms with E-state index in [1.165, 1.54) is 6.07 Å². The molecule has 1 atom stereocenters. The lowest BCUT2D eigenvalue weighted by Crippen LogP contribution is -2.49. The van der Waals surface area contributed by atoms with Gasteiger partial charge in [0.1, 0.15) is 18.8 Å². The van der Waals surface area contributed by atoms with Crippen molar-refractivity contribution in [1.29, 1.82) is 0 Å². The molecule has 164 valence electrons. The molecule has 31 heavy (non-hydrogen) atoms. The van der Waals surface area contributed by atoms with Crippen LogP contribution in [0, 0.1) is 12.7 Å². The van der Waals surface area contributed by atoms with Crippen LogP contribution in [0.1, 0.15) is 26.5 Å². The summed E-state index contributed by atoms with van der Waals surface area (Å²) in [4.78, 5) is 2.14. The zero-order valence-corrected chi connectivity index (χ0v) is 19.6. The van der Waals surface area contributed by atoms with Crippen LogP contribution in [-0.2, 0) is 0 Å². The summed E-state index contributed by atoms with van der Waals surface area (Å²) in [6, 6.07) is 21.4. The van der Waals surface area contributed by atoms with E-state index in [0.717, 1.165) is 43.1 Å². The number of furan rings is 1. The Morgan fingerprint density at radius 2 is 1.52 bits per heavy atom. The van der Waals surface area contributed by atoms with E-state index in [1.54, 1.807) is 6.07 Å². The second-order valence-electron chi connectivity index (χ2n) is 8.98. The highest BCUT2D eigenvalue weighted by Crippen LogP contribution is 2.64. The van der Waals surface area contributed by atoms with Crippen molar-refractivity contribution >= 4 is 24.1 Å². The summed E-state index contributed by atoms with van der Waals surface area (Å²) in [5.41, 5.74) is 2.60. The Morgan fingerprint density at radius 3 is 2.10 bits per heavy atom. The molecule has 4 rings (SSSR count). The molecule has 2 heterocycles. The molecule has 0 spiro atoms. The van der Waals surface area contributed by atoms with Gasteiger partial charge in [-0.2, -0.15) is 0 Å². The Bertz CT molecular complexity index is 1080. The van der Waals surface area contributed by atoms with Gasteiger partial charge in [0.15, 0.2) is 5.50 Å². The molecular formula is C25H31FN3OP. The van der Waals surface area contributed by atoms with E-state index in [1.807, 2.05) is 43.3 Å². The minimum Gasteiger partial charge on any atom is -0.459 e. The minimum absolute atomic E-state index is 0.132. The monoisotopic (exact) mass is 439 g/mol. The quantitative estimate of drug-likeness (QED) is 0.440. The van der Waals surface area contributed by atoms with Gasteiger partial charge >= 0.3 is 0 Å². The summed E-state index contributed by atoms with van der Waals surface area (Å²) in [5, 5.41) is -0.132. The van der Waals surface area contributed by atoms with Crippen LogP contribution in [0.3, 0.4) is 0 Å². The summed E-state index contributed by atoms with van der Waals surface area (Å²) in [6.45, 7) is 11.9. The molecular weight excluding hydrogens is 408 g/mol. The highest BCUT2D eigenvalue weighted by molar-refractivity contribution is 7.72. The first-order valence-electron chi connectivity index (χ1n) is 10.8. The van der Waals surface area contributed by atoms with Gasteiger partial charge in [-0.1, -0.05) is 51.1 Å². The number of benzene rings is 2. The van der Waals surface area contributed by atoms with Crippen LogP contribution in [0.15, 0.2) is 75.9 Å². The van der Waals surface area contributed by atoms with E-state index in [0.29, 0.717) is 5.69 Å². The SMILES string of the molecule is Cc1ccc([P@@](=Nc2ccccc2)(N2CCN(c3ccccc3F)CC2)C(C)(C)C)o1. The standard InChI is InChI=1S/C25H31FN3OP/c1-20-14-15-24(30-20)31(25(2,3)4,27-21-10-6-5-7-11-21)29-18-16-28(17-19-29)23-13-9-8-12-22(23)26/h5-15H,16-19H2,1-4H3/t31-/m1/s1. The molecule has 0 aliphatic carbocycles. The second kappa shape index (κ2) is 8.64. The van der Waals surface area contributed by atoms with Gasteiger partial charge in [-0.25, -0.2) is 9.14 Å². The zero-order chi connectivity index (χ0) is 22.1. The van der Waals surface area contributed by atoms with Gasteiger partial charge in [-0.3, -0.25) is 4.67 Å². The van der Waals surface area contributed by atoms with Gasteiger partial charge in [0, 0.05) is 31.3 Å². The molecule has 0 N–H and O–H groups in total. The molecule has 1 aliphatic rings. The smallest absolute Gasteiger partial charge is 0.157 e. The third kappa shape index (κ3) is 4.22. The van der Waals surface area contributed by atoms with E-state index in [4.69, 9.17) is 9.16 Å². The Hall–Kier alpha value is -2.36. The third-order valence-corrected chi connectivity index (χ3v) is 10.3. The van der Waals surface area contributed by atoms with Crippen molar-refractivity contribution in [3.05, 3.63) is 78.3 Å². The van der Waals surface area contributed by atoms with Crippen molar-refractivity contribution in [3.8, 4) is 0 Å². The number of rotatable bonds is 4. The number of halogens is 1. The highest BCUT2D eigenvalue weighted by Gasteiger charge is 2.44. The number of nitrogens with zero attached hydrogens (tertiary/aromatic N) is 3. The number of hydrogen-bond donors (Lipinski definition) is 0. The number of aryl methyl sites for hydroxylation is 1. The van der Waals surface area contributed by atoms with Crippen LogP contribution in [0.5, 0.6) is 0 Å². The van der Waals surface area contributed by atoms with Crippen molar-refractivity contribution in [1.82, 2.24) is 4.67 Å². The van der Waals surface area contributed by atoms with Crippen LogP contribution in [0.2, 0.25) is 0 Å². The number of para-hydroxylation sites is 1. The maximum Gasteiger partial charge on any atom is 0.157 e. The molecule has 0 radical (unpaired) electrons. The van der Waals surface area contributed by atoms with Crippen molar-refractivity contribution in [2.75, 3.05) is 31.1 Å². The Labute approximate surface area is 184 Å². The molecule has 1 saturated heterocycles. The fourth-order valence-corrected chi connectivity index (χ4v) is 8.43. The summed E-state index contributed by atoms with van der Waals surface area (Å²) in [5.74, 6) is 0.736. The number of piperazine rings is 1. The van der Waals surface area contributed by atoms with E-state index in [9.17, 15) is 4.39 Å². The summed E-state index contributed by atoms with van der Waals surface area (Å²) >= 11 is 0. The fraction of sp³-hybridized carbons (Fsp3) is 0.360. The molecule has 1 fully saturated rings. The Balaban J connectivity index is 1.77. The Kier molecular flexibility index (Phi) is 6.09. The van der Waals surface area contributed by atoms with Gasteiger partial charge in [0.2, 0.25) is 0 Å². The van der Waals surface area contributed by atoms with Gasteiger partial charge in [-0.15, -0.1) is 0 Å². The van der Waals surface area contributed by atoms with Crippen molar-refractivity contribution in [3.63, 3.8) is 0 Å². The van der Waals surface area contributed by atoms with E-state index >= 15 is 0 Å². The van der Waals surface area contributed by atoms with Gasteiger partial charge < -0.3 is 9.32 Å². The number of anilines is 1. The predicted molar refractivity (Wildman–Crippen MR) is 128 cm³/mol. The maximum atomic E-state index is 14.4. The highest BCUT2D eigenvalue weighted by atomic mass is 31.2. The fourth-order valence-electron chi connectivity index (χ4n) is 4.34. The number of hydrogen-bond acceptors (Lipinski definition) is 3. The topological polar surface area (TPSA) is 32.0 Å². The summed E-state index contributed by atoms with van der Waals surface area (Å²) in [6.07, 6.45) is 0. The third-order valence-electron chi connectivity index (χ3n) is 5.84. The summed E-state index contributed by atoms with van der Waals surface area (Å²) < 4.78 is 28.6. The maximum absolute atomic E-state index is 14.4. The van der Waals surface area contributed by atoms with Crippen LogP contribution in [-0.4, -0.2) is 36.0 Å². The molecule has 6 heteroatoms. The first kappa shape index (κ1) is 21.9. The predicted octanol–water partition coefficient (Wildman–Crippen LogP) is 6.42. The molecule has 1 aromatic heterocycles. The van der Waals surface area contributed by atoms with Gasteiger partial charge in [0.25, 0.3) is 0 Å². The van der Waals surface area contributed by atoms with E-state index < -0.39 is 7.21 Å². The first-order valence-corrected chi connectivity index (χ1v) is 12.5. The lowest BCUT2D eigenvalue weighted by molar-refractivity contribution is 0.399. The van der Waals surface area contributed by atoms with E-state index in [2.05, 4.69) is 48.5 Å². The molecule has 0 unspecified atom stereocenters. The largest absolute Gasteiger partial charge is 0.459 e. The molecule has 3 aromatic rings. The minimum atomic E-state index is -2.27. The molecule has 0 bridgehead atoms. The van der Waals surface area contributed by atoms with Crippen molar-refractivity contribution in [2.45, 2.75) is 32.9 Å². The van der Waals surface area contributed by atoms with Crippen LogP contribution >= 0.6 is 7.21 Å². The van der Waals surface area contributed by atoms with Crippen LogP contribution in [0.4, 0.5) is 15.8 Å². The Morgan fingerprint density at radius 1 is 0.871 bits per heavy atom. The van der Waals surface area contributed by atoms with Crippen molar-refractivity contribution < 1.29 is 8.81 Å². The molecule has 0 amide bonds. The second-order valence-corrected chi connectivity index (χ2v) is 12.7. The van der Waals surface area contributed by atoms with Crippen LogP contribution < -0.4 is 10.4 Å². The summed E-state index contributed by atoms with van der Waals surface area (Å²) in [7, 11) is -2.27. The van der Waals surface area contributed by atoms with Crippen LogP contribution in [0.25, 0.3) is 0 Å². The van der Waals surface area contributed by atoms with Gasteiger partial charge in [0.05, 0.1) is 11.4 Å². The van der Waals surface area contributed by atoms with Crippen molar-refractivity contribution in [2.24, 2.45) is 4.74 Å². The first-order chi connectivity index (χ1) is 14.8. The molecule has 2 aromatic carbocycles. The van der Waals surface area contributed by atoms with E-state index in [-0.39, 0.29) is 11.0 Å².